The maximum absolute atomic E-state index is 9.21. The van der Waals surface area contributed by atoms with E-state index in [-0.39, 0.29) is 0 Å². The number of fused-ring (bicyclic) bond motifs is 1. The Morgan fingerprint density at radius 2 is 2.35 bits per heavy atom. The van der Waals surface area contributed by atoms with Crippen molar-refractivity contribution in [3.63, 3.8) is 0 Å². The molecule has 3 rings (SSSR count). The lowest BCUT2D eigenvalue weighted by Gasteiger charge is -2.09. The van der Waals surface area contributed by atoms with E-state index in [1.165, 1.54) is 5.56 Å². The molecular formula is C15H17N5. The molecule has 1 aliphatic carbocycles. The largest absolute Gasteiger partial charge is 0.369 e. The van der Waals surface area contributed by atoms with Gasteiger partial charge in [0.1, 0.15) is 17.7 Å². The van der Waals surface area contributed by atoms with Crippen LogP contribution in [0.3, 0.4) is 0 Å². The van der Waals surface area contributed by atoms with Gasteiger partial charge >= 0.3 is 0 Å². The van der Waals surface area contributed by atoms with Gasteiger partial charge in [0.25, 0.3) is 0 Å². The fourth-order valence-corrected chi connectivity index (χ4v) is 2.59. The zero-order chi connectivity index (χ0) is 13.8. The van der Waals surface area contributed by atoms with Crippen LogP contribution in [0.25, 0.3) is 0 Å². The van der Waals surface area contributed by atoms with E-state index in [2.05, 4.69) is 26.3 Å². The molecule has 0 aromatic carbocycles. The van der Waals surface area contributed by atoms with Gasteiger partial charge < -0.3 is 10.3 Å². The highest BCUT2D eigenvalue weighted by Gasteiger charge is 2.16. The summed E-state index contributed by atoms with van der Waals surface area (Å²) in [6.45, 7) is 0.793. The molecule has 0 spiro atoms. The van der Waals surface area contributed by atoms with Gasteiger partial charge in [-0.3, -0.25) is 0 Å². The molecule has 2 aromatic heterocycles. The molecule has 0 saturated heterocycles. The van der Waals surface area contributed by atoms with Crippen molar-refractivity contribution < 1.29 is 0 Å². The van der Waals surface area contributed by atoms with Gasteiger partial charge in [-0.15, -0.1) is 0 Å². The van der Waals surface area contributed by atoms with E-state index in [4.69, 9.17) is 0 Å². The molecule has 0 fully saturated rings. The third-order valence-corrected chi connectivity index (χ3v) is 3.61. The number of nitriles is 1. The molecule has 0 aliphatic heterocycles. The molecule has 20 heavy (non-hydrogen) atoms. The molecule has 0 atom stereocenters. The summed E-state index contributed by atoms with van der Waals surface area (Å²) in [5.41, 5.74) is 3.05. The van der Waals surface area contributed by atoms with Gasteiger partial charge in [0, 0.05) is 31.1 Å². The molecule has 2 N–H and O–H groups in total. The van der Waals surface area contributed by atoms with Gasteiger partial charge in [-0.05, 0) is 37.3 Å². The van der Waals surface area contributed by atoms with Crippen molar-refractivity contribution in [2.45, 2.75) is 32.1 Å². The predicted molar refractivity (Wildman–Crippen MR) is 76.4 cm³/mol. The quantitative estimate of drug-likeness (QED) is 0.814. The minimum atomic E-state index is 0.656. The molecule has 5 nitrogen and oxygen atoms in total. The van der Waals surface area contributed by atoms with Crippen molar-refractivity contribution in [2.24, 2.45) is 0 Å². The number of imidazole rings is 1. The molecule has 0 unspecified atom stereocenters. The Morgan fingerprint density at radius 1 is 1.40 bits per heavy atom. The highest BCUT2D eigenvalue weighted by atomic mass is 15.0. The number of anilines is 1. The molecule has 0 bridgehead atoms. The predicted octanol–water partition coefficient (Wildman–Crippen LogP) is 2.21. The van der Waals surface area contributed by atoms with E-state index in [9.17, 15) is 5.26 Å². The molecule has 5 heteroatoms. The van der Waals surface area contributed by atoms with Crippen LogP contribution < -0.4 is 5.32 Å². The number of aromatic amines is 1. The lowest BCUT2D eigenvalue weighted by atomic mass is 10.1. The van der Waals surface area contributed by atoms with Gasteiger partial charge in [0.05, 0.1) is 5.56 Å². The maximum atomic E-state index is 9.21. The number of H-pyrrole nitrogens is 1. The summed E-state index contributed by atoms with van der Waals surface area (Å²) in [6, 6.07) is 4.23. The number of hydrogen-bond acceptors (Lipinski definition) is 4. The van der Waals surface area contributed by atoms with Crippen molar-refractivity contribution >= 4 is 5.82 Å². The van der Waals surface area contributed by atoms with Crippen molar-refractivity contribution in [1.82, 2.24) is 15.0 Å². The zero-order valence-corrected chi connectivity index (χ0v) is 11.3. The van der Waals surface area contributed by atoms with Crippen LogP contribution in [-0.4, -0.2) is 21.5 Å². The van der Waals surface area contributed by atoms with E-state index in [0.29, 0.717) is 5.56 Å². The summed E-state index contributed by atoms with van der Waals surface area (Å²) in [6.07, 6.45) is 8.67. The molecule has 0 radical (unpaired) electrons. The topological polar surface area (TPSA) is 77.4 Å². The lowest BCUT2D eigenvalue weighted by molar-refractivity contribution is 0.812. The smallest absolute Gasteiger partial charge is 0.144 e. The molecular weight excluding hydrogens is 250 g/mol. The van der Waals surface area contributed by atoms with E-state index >= 15 is 0 Å². The van der Waals surface area contributed by atoms with Crippen molar-refractivity contribution in [1.29, 1.82) is 5.26 Å². The summed E-state index contributed by atoms with van der Waals surface area (Å²) in [5.74, 6) is 1.72. The first-order chi connectivity index (χ1) is 9.86. The fraction of sp³-hybridized carbons (Fsp3) is 0.400. The Balaban J connectivity index is 1.61. The number of pyridine rings is 1. The number of aryl methyl sites for hydroxylation is 3. The van der Waals surface area contributed by atoms with Crippen LogP contribution in [0.2, 0.25) is 0 Å². The van der Waals surface area contributed by atoms with Crippen molar-refractivity contribution in [2.75, 3.05) is 11.9 Å². The molecule has 1 aliphatic rings. The highest BCUT2D eigenvalue weighted by Crippen LogP contribution is 2.24. The van der Waals surface area contributed by atoms with Crippen LogP contribution in [0.1, 0.15) is 35.5 Å². The number of aromatic nitrogens is 3. The second kappa shape index (κ2) is 5.74. The summed E-state index contributed by atoms with van der Waals surface area (Å²) in [5, 5.41) is 12.5. The first kappa shape index (κ1) is 12.7. The number of hydrogen-bond donors (Lipinski definition) is 2. The van der Waals surface area contributed by atoms with Gasteiger partial charge in [-0.2, -0.15) is 5.26 Å². The summed E-state index contributed by atoms with van der Waals surface area (Å²) < 4.78 is 0. The number of nitrogens with zero attached hydrogens (tertiary/aromatic N) is 3. The number of rotatable bonds is 5. The van der Waals surface area contributed by atoms with Gasteiger partial charge in [0.2, 0.25) is 0 Å². The van der Waals surface area contributed by atoms with Gasteiger partial charge in [0.15, 0.2) is 0 Å². The molecule has 0 saturated carbocycles. The summed E-state index contributed by atoms with van der Waals surface area (Å²) >= 11 is 0. The van der Waals surface area contributed by atoms with Crippen LogP contribution in [-0.2, 0) is 19.3 Å². The Morgan fingerprint density at radius 3 is 3.15 bits per heavy atom. The second-order valence-electron chi connectivity index (χ2n) is 5.02. The first-order valence-corrected chi connectivity index (χ1v) is 7.02. The Bertz CT molecular complexity index is 624. The fourth-order valence-electron chi connectivity index (χ4n) is 2.59. The van der Waals surface area contributed by atoms with E-state index in [1.807, 2.05) is 12.3 Å². The second-order valence-corrected chi connectivity index (χ2v) is 5.02. The lowest BCUT2D eigenvalue weighted by Crippen LogP contribution is -2.08. The standard InChI is InChI=1S/C15H17N5/c16-10-12-9-11-3-1-4-13(11)20-15(12)19-6-2-5-14-17-7-8-18-14/h7-9H,1-6H2,(H,17,18)(H,19,20). The normalized spacial score (nSPS) is 12.9. The van der Waals surface area contributed by atoms with Crippen LogP contribution in [0.15, 0.2) is 18.5 Å². The average molecular weight is 267 g/mol. The monoisotopic (exact) mass is 267 g/mol. The van der Waals surface area contributed by atoms with E-state index in [1.54, 1.807) is 6.20 Å². The molecule has 2 aromatic rings. The van der Waals surface area contributed by atoms with Crippen LogP contribution >= 0.6 is 0 Å². The van der Waals surface area contributed by atoms with Crippen molar-refractivity contribution in [3.05, 3.63) is 41.1 Å². The minimum absolute atomic E-state index is 0.656. The third-order valence-electron chi connectivity index (χ3n) is 3.61. The minimum Gasteiger partial charge on any atom is -0.369 e. The van der Waals surface area contributed by atoms with Crippen LogP contribution in [0, 0.1) is 11.3 Å². The first-order valence-electron chi connectivity index (χ1n) is 7.02. The third kappa shape index (κ3) is 2.64. The molecule has 2 heterocycles. The van der Waals surface area contributed by atoms with Gasteiger partial charge in [-0.1, -0.05) is 0 Å². The van der Waals surface area contributed by atoms with E-state index in [0.717, 1.165) is 56.0 Å². The van der Waals surface area contributed by atoms with E-state index < -0.39 is 0 Å². The SMILES string of the molecule is N#Cc1cc2c(nc1NCCCc1ncc[nH]1)CCC2. The van der Waals surface area contributed by atoms with Gasteiger partial charge in [-0.25, -0.2) is 9.97 Å². The summed E-state index contributed by atoms with van der Waals surface area (Å²) in [4.78, 5) is 11.9. The average Bonchev–Trinajstić information content (AvgIpc) is 3.13. The zero-order valence-electron chi connectivity index (χ0n) is 11.3. The van der Waals surface area contributed by atoms with Crippen LogP contribution in [0.4, 0.5) is 5.82 Å². The van der Waals surface area contributed by atoms with Crippen LogP contribution in [0.5, 0.6) is 0 Å². The summed E-state index contributed by atoms with van der Waals surface area (Å²) in [7, 11) is 0. The Labute approximate surface area is 118 Å². The molecule has 102 valence electrons. The Hall–Kier alpha value is -2.35. The molecule has 0 amide bonds. The number of nitrogens with one attached hydrogen (secondary N) is 2. The van der Waals surface area contributed by atoms with Crippen molar-refractivity contribution in [3.8, 4) is 6.07 Å². The Kier molecular flexibility index (Phi) is 3.64. The highest BCUT2D eigenvalue weighted by molar-refractivity contribution is 5.55. The maximum Gasteiger partial charge on any atom is 0.144 e.